The third kappa shape index (κ3) is 3.83. The van der Waals surface area contributed by atoms with Gasteiger partial charge < -0.3 is 10.6 Å². The van der Waals surface area contributed by atoms with Crippen molar-refractivity contribution in [2.24, 2.45) is 0 Å². The van der Waals surface area contributed by atoms with Gasteiger partial charge in [0.15, 0.2) is 0 Å². The van der Waals surface area contributed by atoms with E-state index in [9.17, 15) is 0 Å². The maximum atomic E-state index is 4.28. The van der Waals surface area contributed by atoms with Crippen molar-refractivity contribution in [3.8, 4) is 0 Å². The summed E-state index contributed by atoms with van der Waals surface area (Å²) in [6.07, 6.45) is 5.61. The Kier molecular flexibility index (Phi) is 3.50. The van der Waals surface area contributed by atoms with Gasteiger partial charge in [0.25, 0.3) is 0 Å². The molecule has 0 unspecified atom stereocenters. The zero-order chi connectivity index (χ0) is 10.5. The molecule has 82 valence electrons. The summed E-state index contributed by atoms with van der Waals surface area (Å²) in [4.78, 5) is 8.42. The van der Waals surface area contributed by atoms with Crippen LogP contribution >= 0.6 is 0 Å². The zero-order valence-corrected chi connectivity index (χ0v) is 9.16. The molecule has 4 nitrogen and oxygen atoms in total. The van der Waals surface area contributed by atoms with E-state index in [0.717, 1.165) is 37.2 Å². The molecule has 1 aromatic heterocycles. The van der Waals surface area contributed by atoms with Gasteiger partial charge in [-0.3, -0.25) is 0 Å². The minimum atomic E-state index is 0.737. The lowest BCUT2D eigenvalue weighted by Gasteiger charge is -2.05. The van der Waals surface area contributed by atoms with Gasteiger partial charge >= 0.3 is 0 Å². The second kappa shape index (κ2) is 5.07. The predicted molar refractivity (Wildman–Crippen MR) is 60.9 cm³/mol. The van der Waals surface area contributed by atoms with E-state index in [1.165, 1.54) is 12.8 Å². The van der Waals surface area contributed by atoms with Gasteiger partial charge in [-0.15, -0.1) is 0 Å². The fourth-order valence-corrected chi connectivity index (χ4v) is 1.42. The van der Waals surface area contributed by atoms with Crippen LogP contribution in [0.15, 0.2) is 12.3 Å². The van der Waals surface area contributed by atoms with Crippen molar-refractivity contribution in [1.82, 2.24) is 15.3 Å². The number of aromatic nitrogens is 2. The van der Waals surface area contributed by atoms with Gasteiger partial charge in [0.2, 0.25) is 5.95 Å². The van der Waals surface area contributed by atoms with Gasteiger partial charge in [0.05, 0.1) is 0 Å². The fourth-order valence-electron chi connectivity index (χ4n) is 1.42. The highest BCUT2D eigenvalue weighted by Crippen LogP contribution is 2.18. The summed E-state index contributed by atoms with van der Waals surface area (Å²) in [7, 11) is 0. The first kappa shape index (κ1) is 10.4. The molecule has 1 fully saturated rings. The second-order valence-corrected chi connectivity index (χ2v) is 4.03. The van der Waals surface area contributed by atoms with Gasteiger partial charge in [-0.1, -0.05) is 0 Å². The molecule has 2 N–H and O–H groups in total. The molecule has 0 aliphatic heterocycles. The first-order valence-corrected chi connectivity index (χ1v) is 5.61. The molecule has 0 saturated heterocycles. The minimum Gasteiger partial charge on any atom is -0.354 e. The van der Waals surface area contributed by atoms with Gasteiger partial charge in [-0.25, -0.2) is 9.97 Å². The topological polar surface area (TPSA) is 49.8 Å². The van der Waals surface area contributed by atoms with Crippen LogP contribution in [0.5, 0.6) is 0 Å². The molecule has 1 aliphatic carbocycles. The molecule has 0 radical (unpaired) electrons. The molecule has 2 rings (SSSR count). The van der Waals surface area contributed by atoms with Gasteiger partial charge in [-0.2, -0.15) is 0 Å². The Labute approximate surface area is 90.5 Å². The summed E-state index contributed by atoms with van der Waals surface area (Å²) < 4.78 is 0. The number of aryl methyl sites for hydroxylation is 1. The van der Waals surface area contributed by atoms with E-state index in [2.05, 4.69) is 20.6 Å². The molecule has 4 heteroatoms. The van der Waals surface area contributed by atoms with Crippen molar-refractivity contribution >= 4 is 5.95 Å². The van der Waals surface area contributed by atoms with Crippen LogP contribution in [-0.2, 0) is 0 Å². The molecule has 0 aromatic carbocycles. The van der Waals surface area contributed by atoms with E-state index >= 15 is 0 Å². The van der Waals surface area contributed by atoms with Gasteiger partial charge in [-0.05, 0) is 38.8 Å². The van der Waals surface area contributed by atoms with E-state index in [1.807, 2.05) is 13.0 Å². The Morgan fingerprint density at radius 1 is 1.40 bits per heavy atom. The highest BCUT2D eigenvalue weighted by atomic mass is 15.1. The maximum Gasteiger partial charge on any atom is 0.222 e. The molecular formula is C11H18N4. The summed E-state index contributed by atoms with van der Waals surface area (Å²) >= 11 is 0. The molecule has 1 aromatic rings. The smallest absolute Gasteiger partial charge is 0.222 e. The van der Waals surface area contributed by atoms with Crippen LogP contribution in [-0.4, -0.2) is 29.1 Å². The zero-order valence-electron chi connectivity index (χ0n) is 9.16. The van der Waals surface area contributed by atoms with Crippen LogP contribution in [0, 0.1) is 6.92 Å². The van der Waals surface area contributed by atoms with Crippen molar-refractivity contribution in [3.63, 3.8) is 0 Å². The largest absolute Gasteiger partial charge is 0.354 e. The summed E-state index contributed by atoms with van der Waals surface area (Å²) in [5.41, 5.74) is 1.00. The molecule has 0 amide bonds. The number of rotatable bonds is 6. The third-order valence-corrected chi connectivity index (χ3v) is 2.44. The molecule has 1 heterocycles. The maximum absolute atomic E-state index is 4.28. The molecule has 1 saturated carbocycles. The molecule has 15 heavy (non-hydrogen) atoms. The Bertz CT molecular complexity index is 309. The quantitative estimate of drug-likeness (QED) is 0.690. The SMILES string of the molecule is Cc1ccnc(NCCCNC2CC2)n1. The van der Waals surface area contributed by atoms with E-state index in [0.29, 0.717) is 0 Å². The first-order valence-electron chi connectivity index (χ1n) is 5.61. The van der Waals surface area contributed by atoms with Crippen molar-refractivity contribution < 1.29 is 0 Å². The second-order valence-electron chi connectivity index (χ2n) is 4.03. The first-order chi connectivity index (χ1) is 7.34. The average molecular weight is 206 g/mol. The number of nitrogens with one attached hydrogen (secondary N) is 2. The number of anilines is 1. The van der Waals surface area contributed by atoms with Gasteiger partial charge in [0, 0.05) is 24.5 Å². The van der Waals surface area contributed by atoms with Crippen molar-refractivity contribution in [1.29, 1.82) is 0 Å². The van der Waals surface area contributed by atoms with Gasteiger partial charge in [0.1, 0.15) is 0 Å². The van der Waals surface area contributed by atoms with Crippen LogP contribution in [0.2, 0.25) is 0 Å². The molecule has 0 bridgehead atoms. The monoisotopic (exact) mass is 206 g/mol. The van der Waals surface area contributed by atoms with E-state index in [-0.39, 0.29) is 0 Å². The molecule has 0 atom stereocenters. The lowest BCUT2D eigenvalue weighted by Crippen LogP contribution is -2.20. The molecular weight excluding hydrogens is 188 g/mol. The standard InChI is InChI=1S/C11H18N4/c1-9-5-8-14-11(15-9)13-7-2-6-12-10-3-4-10/h5,8,10,12H,2-4,6-7H2,1H3,(H,13,14,15). The predicted octanol–water partition coefficient (Wildman–Crippen LogP) is 1.34. The van der Waals surface area contributed by atoms with Crippen LogP contribution in [0.4, 0.5) is 5.95 Å². The molecule has 0 spiro atoms. The minimum absolute atomic E-state index is 0.737. The third-order valence-electron chi connectivity index (χ3n) is 2.44. The van der Waals surface area contributed by atoms with Crippen LogP contribution < -0.4 is 10.6 Å². The number of hydrogen-bond donors (Lipinski definition) is 2. The van der Waals surface area contributed by atoms with E-state index in [1.54, 1.807) is 6.20 Å². The summed E-state index contributed by atoms with van der Waals surface area (Å²) in [6.45, 7) is 3.99. The fraction of sp³-hybridized carbons (Fsp3) is 0.636. The highest BCUT2D eigenvalue weighted by Gasteiger charge is 2.19. The Balaban J connectivity index is 1.60. The van der Waals surface area contributed by atoms with Crippen LogP contribution in [0.3, 0.4) is 0 Å². The lowest BCUT2D eigenvalue weighted by molar-refractivity contribution is 0.658. The highest BCUT2D eigenvalue weighted by molar-refractivity contribution is 5.24. The van der Waals surface area contributed by atoms with Crippen LogP contribution in [0.25, 0.3) is 0 Å². The van der Waals surface area contributed by atoms with Crippen molar-refractivity contribution in [3.05, 3.63) is 18.0 Å². The summed E-state index contributed by atoms with van der Waals surface area (Å²) in [6, 6.07) is 2.71. The normalized spacial score (nSPS) is 15.3. The average Bonchev–Trinajstić information content (AvgIpc) is 3.01. The lowest BCUT2D eigenvalue weighted by atomic mass is 10.4. The Morgan fingerprint density at radius 3 is 3.00 bits per heavy atom. The summed E-state index contributed by atoms with van der Waals surface area (Å²) in [5, 5.41) is 6.69. The van der Waals surface area contributed by atoms with Crippen LogP contribution in [0.1, 0.15) is 25.0 Å². The molecule has 1 aliphatic rings. The Hall–Kier alpha value is -1.16. The van der Waals surface area contributed by atoms with Crippen molar-refractivity contribution in [2.45, 2.75) is 32.2 Å². The number of hydrogen-bond acceptors (Lipinski definition) is 4. The van der Waals surface area contributed by atoms with Crippen molar-refractivity contribution in [2.75, 3.05) is 18.4 Å². The number of nitrogens with zero attached hydrogens (tertiary/aromatic N) is 2. The summed E-state index contributed by atoms with van der Waals surface area (Å²) in [5.74, 6) is 0.737. The Morgan fingerprint density at radius 2 is 2.27 bits per heavy atom. The van der Waals surface area contributed by atoms with E-state index in [4.69, 9.17) is 0 Å². The van der Waals surface area contributed by atoms with E-state index < -0.39 is 0 Å².